The molecule has 0 unspecified atom stereocenters. The molecule has 0 spiro atoms. The Bertz CT molecular complexity index is 806. The highest BCUT2D eigenvalue weighted by Gasteiger charge is 2.38. The van der Waals surface area contributed by atoms with Crippen LogP contribution < -0.4 is 4.90 Å². The first kappa shape index (κ1) is 14.5. The normalized spacial score (nSPS) is 16.7. The lowest BCUT2D eigenvalue weighted by molar-refractivity contribution is 0.0792. The molecule has 0 N–H and O–H groups in total. The number of likely N-dealkylation sites (tertiary alicyclic amines) is 1. The third-order valence-electron chi connectivity index (χ3n) is 4.32. The summed E-state index contributed by atoms with van der Waals surface area (Å²) in [6.45, 7) is 1.55. The highest BCUT2D eigenvalue weighted by molar-refractivity contribution is 6.33. The Labute approximate surface area is 137 Å². The van der Waals surface area contributed by atoms with Crippen LogP contribution in [0.4, 0.5) is 5.69 Å². The molecule has 4 rings (SSSR count). The predicted molar refractivity (Wildman–Crippen MR) is 84.8 cm³/mol. The van der Waals surface area contributed by atoms with Gasteiger partial charge in [-0.1, -0.05) is 0 Å². The van der Waals surface area contributed by atoms with Gasteiger partial charge in [0.15, 0.2) is 0 Å². The van der Waals surface area contributed by atoms with Crippen molar-refractivity contribution in [2.45, 2.75) is 12.8 Å². The molecule has 2 aromatic rings. The molecule has 24 heavy (non-hydrogen) atoms. The number of aromatic nitrogens is 2. The van der Waals surface area contributed by atoms with Gasteiger partial charge in [0.25, 0.3) is 17.7 Å². The van der Waals surface area contributed by atoms with Gasteiger partial charge in [0, 0.05) is 24.8 Å². The second kappa shape index (κ2) is 5.52. The quantitative estimate of drug-likeness (QED) is 0.783. The highest BCUT2D eigenvalue weighted by atomic mass is 16.2. The van der Waals surface area contributed by atoms with E-state index < -0.39 is 11.8 Å². The smallest absolute Gasteiger partial charge is 0.284 e. The van der Waals surface area contributed by atoms with Crippen LogP contribution in [0.15, 0.2) is 36.8 Å². The summed E-state index contributed by atoms with van der Waals surface area (Å²) in [7, 11) is 0. The molecule has 2 aliphatic heterocycles. The van der Waals surface area contributed by atoms with Gasteiger partial charge in [-0.3, -0.25) is 14.4 Å². The number of hydrogen-bond acceptors (Lipinski definition) is 5. The molecule has 3 heterocycles. The van der Waals surface area contributed by atoms with Crippen molar-refractivity contribution in [2.75, 3.05) is 18.0 Å². The van der Waals surface area contributed by atoms with Crippen molar-refractivity contribution in [3.63, 3.8) is 0 Å². The summed E-state index contributed by atoms with van der Waals surface area (Å²) in [5.41, 5.74) is 1.27. The lowest BCUT2D eigenvalue weighted by Crippen LogP contribution is -2.30. The highest BCUT2D eigenvalue weighted by Crippen LogP contribution is 2.27. The summed E-state index contributed by atoms with van der Waals surface area (Å²) >= 11 is 0. The zero-order valence-corrected chi connectivity index (χ0v) is 12.8. The fourth-order valence-electron chi connectivity index (χ4n) is 3.07. The largest absolute Gasteiger partial charge is 0.339 e. The van der Waals surface area contributed by atoms with Gasteiger partial charge < -0.3 is 4.90 Å². The van der Waals surface area contributed by atoms with Crippen molar-refractivity contribution in [1.29, 1.82) is 0 Å². The molecular formula is C17H14N4O3. The standard InChI is InChI=1S/C17H14N4O3/c22-15(20-7-1-2-8-20)11-3-5-12(6-4-11)21-16(23)13-9-18-10-19-14(13)17(21)24/h3-6,9-10H,1-2,7-8H2. The van der Waals surface area contributed by atoms with E-state index in [-0.39, 0.29) is 17.2 Å². The number of imide groups is 1. The SMILES string of the molecule is O=C(c1ccc(N2C(=O)c3cncnc3C2=O)cc1)N1CCCC1. The zero-order chi connectivity index (χ0) is 16.7. The number of carbonyl (C=O) groups is 3. The van der Waals surface area contributed by atoms with Gasteiger partial charge in [0.2, 0.25) is 0 Å². The number of anilines is 1. The topological polar surface area (TPSA) is 83.5 Å². The maximum absolute atomic E-state index is 12.4. The molecule has 0 radical (unpaired) electrons. The Morgan fingerprint density at radius 3 is 2.38 bits per heavy atom. The van der Waals surface area contributed by atoms with E-state index in [0.29, 0.717) is 11.3 Å². The molecule has 1 aromatic carbocycles. The summed E-state index contributed by atoms with van der Waals surface area (Å²) in [5, 5.41) is 0. The van der Waals surface area contributed by atoms with Gasteiger partial charge >= 0.3 is 0 Å². The Morgan fingerprint density at radius 2 is 1.71 bits per heavy atom. The van der Waals surface area contributed by atoms with Gasteiger partial charge in [-0.2, -0.15) is 0 Å². The third kappa shape index (κ3) is 2.17. The first-order chi connectivity index (χ1) is 11.7. The molecule has 0 atom stereocenters. The summed E-state index contributed by atoms with van der Waals surface area (Å²) in [5.74, 6) is -0.947. The average molecular weight is 322 g/mol. The molecule has 1 saturated heterocycles. The number of fused-ring (bicyclic) bond motifs is 1. The lowest BCUT2D eigenvalue weighted by atomic mass is 10.1. The number of rotatable bonds is 2. The van der Waals surface area contributed by atoms with E-state index >= 15 is 0 Å². The van der Waals surface area contributed by atoms with Crippen LogP contribution in [0.2, 0.25) is 0 Å². The maximum atomic E-state index is 12.4. The van der Waals surface area contributed by atoms with Crippen LogP contribution >= 0.6 is 0 Å². The molecule has 0 aliphatic carbocycles. The molecule has 1 aromatic heterocycles. The Hall–Kier alpha value is -3.09. The second-order valence-corrected chi connectivity index (χ2v) is 5.78. The van der Waals surface area contributed by atoms with Crippen molar-refractivity contribution >= 4 is 23.4 Å². The summed E-state index contributed by atoms with van der Waals surface area (Å²) in [4.78, 5) is 47.6. The number of nitrogens with zero attached hydrogens (tertiary/aromatic N) is 4. The maximum Gasteiger partial charge on any atom is 0.284 e. The molecule has 7 nitrogen and oxygen atoms in total. The predicted octanol–water partition coefficient (Wildman–Crippen LogP) is 1.51. The number of hydrogen-bond donors (Lipinski definition) is 0. The molecule has 120 valence electrons. The fourth-order valence-corrected chi connectivity index (χ4v) is 3.07. The van der Waals surface area contributed by atoms with Gasteiger partial charge in [-0.15, -0.1) is 0 Å². The van der Waals surface area contributed by atoms with Crippen LogP contribution in [0, 0.1) is 0 Å². The third-order valence-corrected chi connectivity index (χ3v) is 4.32. The Morgan fingerprint density at radius 1 is 1.00 bits per heavy atom. The minimum Gasteiger partial charge on any atom is -0.339 e. The van der Waals surface area contributed by atoms with Crippen LogP contribution in [0.3, 0.4) is 0 Å². The van der Waals surface area contributed by atoms with Crippen molar-refractivity contribution in [2.24, 2.45) is 0 Å². The first-order valence-corrected chi connectivity index (χ1v) is 7.75. The lowest BCUT2D eigenvalue weighted by Gasteiger charge is -2.17. The van der Waals surface area contributed by atoms with E-state index in [1.54, 1.807) is 24.3 Å². The average Bonchev–Trinajstić information content (AvgIpc) is 3.23. The van der Waals surface area contributed by atoms with E-state index in [2.05, 4.69) is 9.97 Å². The minimum absolute atomic E-state index is 0.0210. The van der Waals surface area contributed by atoms with Crippen LogP contribution in [0.5, 0.6) is 0 Å². The summed E-state index contributed by atoms with van der Waals surface area (Å²) in [6.07, 6.45) is 4.64. The van der Waals surface area contributed by atoms with Gasteiger partial charge in [0.05, 0.1) is 11.3 Å². The van der Waals surface area contributed by atoms with Gasteiger partial charge in [-0.05, 0) is 37.1 Å². The van der Waals surface area contributed by atoms with E-state index in [4.69, 9.17) is 0 Å². The van der Waals surface area contributed by atoms with Crippen LogP contribution in [-0.4, -0.2) is 45.7 Å². The number of benzene rings is 1. The molecule has 1 fully saturated rings. The molecule has 2 aliphatic rings. The zero-order valence-electron chi connectivity index (χ0n) is 12.8. The molecular weight excluding hydrogens is 308 g/mol. The first-order valence-electron chi connectivity index (χ1n) is 7.75. The molecule has 0 bridgehead atoms. The van der Waals surface area contributed by atoms with E-state index in [1.165, 1.54) is 12.5 Å². The molecule has 7 heteroatoms. The Kier molecular flexibility index (Phi) is 3.34. The van der Waals surface area contributed by atoms with E-state index in [1.807, 2.05) is 4.90 Å². The monoisotopic (exact) mass is 322 g/mol. The number of carbonyl (C=O) groups excluding carboxylic acids is 3. The van der Waals surface area contributed by atoms with E-state index in [9.17, 15) is 14.4 Å². The van der Waals surface area contributed by atoms with Crippen molar-refractivity contribution < 1.29 is 14.4 Å². The minimum atomic E-state index is -0.476. The molecule has 0 saturated carbocycles. The fraction of sp³-hybridized carbons (Fsp3) is 0.235. The Balaban J connectivity index is 1.61. The summed E-state index contributed by atoms with van der Waals surface area (Å²) in [6, 6.07) is 6.51. The van der Waals surface area contributed by atoms with Crippen molar-refractivity contribution in [1.82, 2.24) is 14.9 Å². The van der Waals surface area contributed by atoms with Crippen LogP contribution in [0.1, 0.15) is 44.0 Å². The van der Waals surface area contributed by atoms with Crippen molar-refractivity contribution in [3.8, 4) is 0 Å². The molecule has 3 amide bonds. The van der Waals surface area contributed by atoms with E-state index in [0.717, 1.165) is 30.8 Å². The van der Waals surface area contributed by atoms with Crippen molar-refractivity contribution in [3.05, 3.63) is 53.6 Å². The second-order valence-electron chi connectivity index (χ2n) is 5.78. The number of amides is 3. The van der Waals surface area contributed by atoms with Gasteiger partial charge in [-0.25, -0.2) is 14.9 Å². The van der Waals surface area contributed by atoms with Crippen LogP contribution in [0.25, 0.3) is 0 Å². The summed E-state index contributed by atoms with van der Waals surface area (Å²) < 4.78 is 0. The van der Waals surface area contributed by atoms with Gasteiger partial charge in [0.1, 0.15) is 12.0 Å². The van der Waals surface area contributed by atoms with Crippen LogP contribution in [-0.2, 0) is 0 Å².